The summed E-state index contributed by atoms with van der Waals surface area (Å²) in [5.41, 5.74) is 2.23. The number of aliphatic imine (C=N–C) groups is 1. The Balaban J connectivity index is 0.00000341. The van der Waals surface area contributed by atoms with Crippen LogP contribution in [0.25, 0.3) is 0 Å². The molecule has 0 amide bonds. The number of hydrogen-bond acceptors (Lipinski definition) is 6. The van der Waals surface area contributed by atoms with Crippen LogP contribution in [0.2, 0.25) is 0 Å². The lowest BCUT2D eigenvalue weighted by atomic mass is 10.1. The second-order valence-electron chi connectivity index (χ2n) is 7.79. The van der Waals surface area contributed by atoms with E-state index in [0.29, 0.717) is 32.0 Å². The number of benzene rings is 1. The van der Waals surface area contributed by atoms with Crippen LogP contribution in [0.15, 0.2) is 27.7 Å². The highest BCUT2D eigenvalue weighted by atomic mass is 127. The van der Waals surface area contributed by atoms with Crippen molar-refractivity contribution in [3.8, 4) is 5.75 Å². The van der Waals surface area contributed by atoms with Crippen LogP contribution >= 0.6 is 24.0 Å². The van der Waals surface area contributed by atoms with Crippen LogP contribution in [-0.4, -0.2) is 48.5 Å². The highest BCUT2D eigenvalue weighted by Crippen LogP contribution is 2.24. The zero-order chi connectivity index (χ0) is 21.3. The number of aryl methyl sites for hydroxylation is 1. The van der Waals surface area contributed by atoms with Crippen LogP contribution in [0, 0.1) is 6.92 Å². The summed E-state index contributed by atoms with van der Waals surface area (Å²) in [4.78, 5) is 9.14. The molecule has 1 aliphatic heterocycles. The molecule has 2 aromatic rings. The maximum absolute atomic E-state index is 6.18. The molecule has 1 aromatic heterocycles. The Morgan fingerprint density at radius 1 is 1.32 bits per heavy atom. The molecule has 31 heavy (non-hydrogen) atoms. The average molecular weight is 543 g/mol. The van der Waals surface area contributed by atoms with Gasteiger partial charge in [-0.05, 0) is 25.5 Å². The third kappa shape index (κ3) is 7.95. The maximum atomic E-state index is 6.18. The molecule has 0 saturated carbocycles. The van der Waals surface area contributed by atoms with Crippen LogP contribution in [-0.2, 0) is 17.7 Å². The van der Waals surface area contributed by atoms with E-state index in [1.165, 1.54) is 5.56 Å². The molecule has 3 rings (SSSR count). The van der Waals surface area contributed by atoms with Gasteiger partial charge in [0.25, 0.3) is 0 Å². The van der Waals surface area contributed by atoms with E-state index >= 15 is 0 Å². The molecular weight excluding hydrogens is 509 g/mol. The fourth-order valence-corrected chi connectivity index (χ4v) is 3.09. The summed E-state index contributed by atoms with van der Waals surface area (Å²) in [6, 6.07) is 6.25. The molecule has 172 valence electrons. The van der Waals surface area contributed by atoms with Gasteiger partial charge >= 0.3 is 0 Å². The largest absolute Gasteiger partial charge is 0.488 e. The number of aromatic nitrogens is 2. The lowest BCUT2D eigenvalue weighted by Gasteiger charge is -2.16. The van der Waals surface area contributed by atoms with Gasteiger partial charge in [0.15, 0.2) is 11.8 Å². The summed E-state index contributed by atoms with van der Waals surface area (Å²) < 4.78 is 16.9. The first-order chi connectivity index (χ1) is 14.5. The third-order valence-electron chi connectivity index (χ3n) is 4.79. The monoisotopic (exact) mass is 543 g/mol. The van der Waals surface area contributed by atoms with E-state index in [0.717, 1.165) is 42.7 Å². The first-order valence-corrected chi connectivity index (χ1v) is 10.7. The predicted octanol–water partition coefficient (Wildman–Crippen LogP) is 3.58. The Morgan fingerprint density at radius 3 is 2.84 bits per heavy atom. The van der Waals surface area contributed by atoms with Crippen molar-refractivity contribution in [2.75, 3.05) is 26.3 Å². The molecule has 1 aliphatic rings. The summed E-state index contributed by atoms with van der Waals surface area (Å²) in [5, 5.41) is 10.6. The minimum Gasteiger partial charge on any atom is -0.488 e. The molecule has 0 radical (unpaired) electrons. The lowest BCUT2D eigenvalue weighted by Crippen LogP contribution is -2.38. The van der Waals surface area contributed by atoms with Crippen LogP contribution in [0.4, 0.5) is 0 Å². The van der Waals surface area contributed by atoms with Crippen molar-refractivity contribution in [2.24, 2.45) is 4.99 Å². The summed E-state index contributed by atoms with van der Waals surface area (Å²) in [6.07, 6.45) is 1.69. The SMILES string of the molecule is CCNC(=NCc1ccc(C)cc1OC1CCOC1)NCCc1nc(C(C)C)no1.I. The number of rotatable bonds is 9. The molecule has 0 bridgehead atoms. The Labute approximate surface area is 201 Å². The number of nitrogens with zero attached hydrogens (tertiary/aromatic N) is 3. The second kappa shape index (κ2) is 12.8. The van der Waals surface area contributed by atoms with E-state index in [9.17, 15) is 0 Å². The van der Waals surface area contributed by atoms with Crippen LogP contribution in [0.5, 0.6) is 5.75 Å². The summed E-state index contributed by atoms with van der Waals surface area (Å²) in [7, 11) is 0. The van der Waals surface area contributed by atoms with Gasteiger partial charge in [0, 0.05) is 37.4 Å². The Morgan fingerprint density at radius 2 is 2.16 bits per heavy atom. The fraction of sp³-hybridized carbons (Fsp3) is 0.591. The number of ether oxygens (including phenoxy) is 2. The van der Waals surface area contributed by atoms with Gasteiger partial charge in [-0.2, -0.15) is 4.98 Å². The molecule has 1 unspecified atom stereocenters. The lowest BCUT2D eigenvalue weighted by molar-refractivity contribution is 0.140. The van der Waals surface area contributed by atoms with Crippen LogP contribution in [0.3, 0.4) is 0 Å². The molecule has 8 nitrogen and oxygen atoms in total. The standard InChI is InChI=1S/C22H33N5O3.HI/c1-5-23-22(24-10-8-20-26-21(15(2)3)27-30-20)25-13-17-7-6-16(4)12-19(17)29-18-9-11-28-14-18;/h6-7,12,15,18H,5,8-11,13-14H2,1-4H3,(H2,23,24,25);1H. The topological polar surface area (TPSA) is 93.8 Å². The number of halogens is 1. The van der Waals surface area contributed by atoms with Crippen molar-refractivity contribution in [1.82, 2.24) is 20.8 Å². The molecule has 0 aliphatic carbocycles. The van der Waals surface area contributed by atoms with Crippen molar-refractivity contribution >= 4 is 29.9 Å². The van der Waals surface area contributed by atoms with Gasteiger partial charge in [-0.1, -0.05) is 31.1 Å². The van der Waals surface area contributed by atoms with Crippen LogP contribution in [0.1, 0.15) is 56.0 Å². The smallest absolute Gasteiger partial charge is 0.228 e. The molecule has 1 saturated heterocycles. The summed E-state index contributed by atoms with van der Waals surface area (Å²) in [5.74, 6) is 3.27. The van der Waals surface area contributed by atoms with Crippen LogP contribution < -0.4 is 15.4 Å². The fourth-order valence-electron chi connectivity index (χ4n) is 3.09. The molecular formula is C22H34IN5O3. The molecule has 9 heteroatoms. The van der Waals surface area contributed by atoms with Gasteiger partial charge < -0.3 is 24.6 Å². The van der Waals surface area contributed by atoms with Crippen molar-refractivity contribution in [2.45, 2.75) is 59.1 Å². The first kappa shape index (κ1) is 25.4. The molecule has 2 heterocycles. The highest BCUT2D eigenvalue weighted by molar-refractivity contribution is 14.0. The molecule has 1 atom stereocenters. The Hall–Kier alpha value is -1.88. The Kier molecular flexibility index (Phi) is 10.5. The minimum absolute atomic E-state index is 0. The predicted molar refractivity (Wildman–Crippen MR) is 131 cm³/mol. The molecule has 2 N–H and O–H groups in total. The minimum atomic E-state index is 0. The van der Waals surface area contributed by atoms with E-state index in [-0.39, 0.29) is 36.0 Å². The van der Waals surface area contributed by atoms with E-state index < -0.39 is 0 Å². The molecule has 1 aromatic carbocycles. The van der Waals surface area contributed by atoms with Crippen molar-refractivity contribution in [3.05, 3.63) is 41.0 Å². The molecule has 1 fully saturated rings. The van der Waals surface area contributed by atoms with Gasteiger partial charge in [0.1, 0.15) is 11.9 Å². The van der Waals surface area contributed by atoms with Crippen molar-refractivity contribution in [1.29, 1.82) is 0 Å². The van der Waals surface area contributed by atoms with Crippen molar-refractivity contribution in [3.63, 3.8) is 0 Å². The van der Waals surface area contributed by atoms with E-state index in [4.69, 9.17) is 19.0 Å². The number of nitrogens with one attached hydrogen (secondary N) is 2. The normalized spacial score (nSPS) is 16.3. The van der Waals surface area contributed by atoms with Gasteiger partial charge in [-0.25, -0.2) is 4.99 Å². The summed E-state index contributed by atoms with van der Waals surface area (Å²) in [6.45, 7) is 11.6. The second-order valence-corrected chi connectivity index (χ2v) is 7.79. The molecule has 0 spiro atoms. The van der Waals surface area contributed by atoms with E-state index in [1.54, 1.807) is 0 Å². The quantitative estimate of drug-likeness (QED) is 0.284. The number of guanidine groups is 1. The highest BCUT2D eigenvalue weighted by Gasteiger charge is 2.18. The zero-order valence-electron chi connectivity index (χ0n) is 18.8. The van der Waals surface area contributed by atoms with E-state index in [2.05, 4.69) is 45.9 Å². The average Bonchev–Trinajstić information content (AvgIpc) is 3.39. The Bertz CT molecular complexity index is 834. The van der Waals surface area contributed by atoms with Gasteiger partial charge in [0.2, 0.25) is 5.89 Å². The van der Waals surface area contributed by atoms with E-state index in [1.807, 2.05) is 20.8 Å². The third-order valence-corrected chi connectivity index (χ3v) is 4.79. The van der Waals surface area contributed by atoms with Crippen molar-refractivity contribution < 1.29 is 14.0 Å². The van der Waals surface area contributed by atoms with Gasteiger partial charge in [0.05, 0.1) is 19.8 Å². The summed E-state index contributed by atoms with van der Waals surface area (Å²) >= 11 is 0. The van der Waals surface area contributed by atoms with Gasteiger partial charge in [-0.15, -0.1) is 24.0 Å². The number of hydrogen-bond donors (Lipinski definition) is 2. The zero-order valence-corrected chi connectivity index (χ0v) is 21.1. The first-order valence-electron chi connectivity index (χ1n) is 10.7. The van der Waals surface area contributed by atoms with Gasteiger partial charge in [-0.3, -0.25) is 0 Å². The maximum Gasteiger partial charge on any atom is 0.228 e.